The third-order valence-corrected chi connectivity index (χ3v) is 6.48. The smallest absolute Gasteiger partial charge is 0.337 e. The first-order valence-electron chi connectivity index (χ1n) is 12.1. The third kappa shape index (κ3) is 5.55. The second-order valence-corrected chi connectivity index (χ2v) is 9.11. The van der Waals surface area contributed by atoms with Crippen molar-refractivity contribution in [3.8, 4) is 0 Å². The molecule has 2 heterocycles. The number of amides is 1. The van der Waals surface area contributed by atoms with Gasteiger partial charge in [-0.3, -0.25) is 14.8 Å². The lowest BCUT2D eigenvalue weighted by Crippen LogP contribution is -2.41. The number of piperidine rings is 1. The van der Waals surface area contributed by atoms with E-state index >= 15 is 0 Å². The topological polar surface area (TPSA) is 99.4 Å². The van der Waals surface area contributed by atoms with Crippen LogP contribution >= 0.6 is 0 Å². The molecule has 5 rings (SSSR count). The highest BCUT2D eigenvalue weighted by Crippen LogP contribution is 2.22. The molecular weight excluding hydrogens is 454 g/mol. The standard InChI is InChI=1S/C28H29N5O3/c1-36-28(35)20-7-9-23(10-8-20)31-27(34)21-5-2-4-19(14-21)17-33-13-3-6-25(18-33)30-24-11-12-26-22(15-24)16-29-32-26/h2,4-5,7-12,14-16,25,30H,3,6,13,17-18H2,1H3,(H,29,32)(H,31,34). The van der Waals surface area contributed by atoms with Crippen LogP contribution < -0.4 is 10.6 Å². The number of hydrogen-bond acceptors (Lipinski definition) is 6. The lowest BCUT2D eigenvalue weighted by molar-refractivity contribution is 0.0600. The van der Waals surface area contributed by atoms with Crippen LogP contribution in [-0.4, -0.2) is 53.2 Å². The first kappa shape index (κ1) is 23.6. The van der Waals surface area contributed by atoms with Crippen LogP contribution in [0.5, 0.6) is 0 Å². The largest absolute Gasteiger partial charge is 0.465 e. The number of hydrogen-bond donors (Lipinski definition) is 3. The van der Waals surface area contributed by atoms with E-state index in [1.807, 2.05) is 24.4 Å². The molecule has 8 heteroatoms. The summed E-state index contributed by atoms with van der Waals surface area (Å²) in [5.74, 6) is -0.592. The quantitative estimate of drug-likeness (QED) is 0.330. The Hall–Kier alpha value is -4.17. The number of carbonyl (C=O) groups is 2. The summed E-state index contributed by atoms with van der Waals surface area (Å²) in [6, 6.07) is 21.0. The zero-order valence-electron chi connectivity index (χ0n) is 20.2. The monoisotopic (exact) mass is 483 g/mol. The van der Waals surface area contributed by atoms with E-state index in [-0.39, 0.29) is 5.91 Å². The molecule has 1 fully saturated rings. The molecule has 1 aliphatic heterocycles. The van der Waals surface area contributed by atoms with Crippen LogP contribution in [0.3, 0.4) is 0 Å². The van der Waals surface area contributed by atoms with Gasteiger partial charge in [-0.1, -0.05) is 12.1 Å². The van der Waals surface area contributed by atoms with Crippen LogP contribution in [0.1, 0.15) is 39.1 Å². The molecule has 1 amide bonds. The van der Waals surface area contributed by atoms with Gasteiger partial charge in [-0.25, -0.2) is 4.79 Å². The fraction of sp³-hybridized carbons (Fsp3) is 0.250. The minimum absolute atomic E-state index is 0.185. The summed E-state index contributed by atoms with van der Waals surface area (Å²) in [5, 5.41) is 14.8. The molecule has 0 spiro atoms. The van der Waals surface area contributed by atoms with Crippen molar-refractivity contribution in [1.29, 1.82) is 0 Å². The molecule has 36 heavy (non-hydrogen) atoms. The first-order chi connectivity index (χ1) is 17.6. The van der Waals surface area contributed by atoms with E-state index in [0.29, 0.717) is 22.9 Å². The van der Waals surface area contributed by atoms with Crippen LogP contribution in [0, 0.1) is 0 Å². The van der Waals surface area contributed by atoms with E-state index in [2.05, 4.69) is 50.0 Å². The Bertz CT molecular complexity index is 1370. The number of fused-ring (bicyclic) bond motifs is 1. The summed E-state index contributed by atoms with van der Waals surface area (Å²) in [6.45, 7) is 2.75. The first-order valence-corrected chi connectivity index (χ1v) is 12.1. The Labute approximate surface area is 209 Å². The molecule has 0 bridgehead atoms. The van der Waals surface area contributed by atoms with E-state index in [4.69, 9.17) is 4.74 Å². The zero-order valence-corrected chi connectivity index (χ0v) is 20.2. The highest BCUT2D eigenvalue weighted by molar-refractivity contribution is 6.04. The Morgan fingerprint density at radius 1 is 1.06 bits per heavy atom. The van der Waals surface area contributed by atoms with Crippen molar-refractivity contribution >= 4 is 34.2 Å². The highest BCUT2D eigenvalue weighted by atomic mass is 16.5. The molecule has 1 saturated heterocycles. The van der Waals surface area contributed by atoms with Gasteiger partial charge in [0.2, 0.25) is 0 Å². The fourth-order valence-electron chi connectivity index (χ4n) is 4.67. The van der Waals surface area contributed by atoms with Gasteiger partial charge in [-0.15, -0.1) is 0 Å². The van der Waals surface area contributed by atoms with E-state index in [9.17, 15) is 9.59 Å². The lowest BCUT2D eigenvalue weighted by atomic mass is 10.0. The van der Waals surface area contributed by atoms with Crippen molar-refractivity contribution in [3.63, 3.8) is 0 Å². The summed E-state index contributed by atoms with van der Waals surface area (Å²) < 4.78 is 4.71. The predicted octanol–water partition coefficient (Wildman–Crippen LogP) is 4.68. The summed E-state index contributed by atoms with van der Waals surface area (Å²) in [5.41, 5.74) is 4.90. The number of nitrogens with zero attached hydrogens (tertiary/aromatic N) is 2. The zero-order chi connectivity index (χ0) is 24.9. The lowest BCUT2D eigenvalue weighted by Gasteiger charge is -2.33. The molecule has 4 aromatic rings. The van der Waals surface area contributed by atoms with Crippen molar-refractivity contribution in [2.75, 3.05) is 30.8 Å². The molecule has 1 unspecified atom stereocenters. The van der Waals surface area contributed by atoms with E-state index < -0.39 is 5.97 Å². The number of benzene rings is 3. The Balaban J connectivity index is 1.19. The SMILES string of the molecule is COC(=O)c1ccc(NC(=O)c2cccc(CN3CCCC(Nc4ccc5[nH]ncc5c4)C3)c2)cc1. The Morgan fingerprint density at radius 2 is 1.89 bits per heavy atom. The molecule has 0 radical (unpaired) electrons. The molecule has 184 valence electrons. The van der Waals surface area contributed by atoms with E-state index in [1.54, 1.807) is 24.3 Å². The number of methoxy groups -OCH3 is 1. The minimum atomic E-state index is -0.408. The van der Waals surface area contributed by atoms with Crippen LogP contribution in [0.15, 0.2) is 72.9 Å². The van der Waals surface area contributed by atoms with Gasteiger partial charge in [0, 0.05) is 41.5 Å². The number of anilines is 2. The molecule has 0 aliphatic carbocycles. The van der Waals surface area contributed by atoms with Crippen LogP contribution in [0.4, 0.5) is 11.4 Å². The molecule has 8 nitrogen and oxygen atoms in total. The number of carbonyl (C=O) groups excluding carboxylic acids is 2. The van der Waals surface area contributed by atoms with Gasteiger partial charge in [0.05, 0.1) is 24.4 Å². The van der Waals surface area contributed by atoms with Gasteiger partial charge in [-0.2, -0.15) is 5.10 Å². The van der Waals surface area contributed by atoms with Crippen molar-refractivity contribution in [1.82, 2.24) is 15.1 Å². The predicted molar refractivity (Wildman–Crippen MR) is 140 cm³/mol. The maximum atomic E-state index is 12.8. The summed E-state index contributed by atoms with van der Waals surface area (Å²) in [7, 11) is 1.34. The van der Waals surface area contributed by atoms with Gasteiger partial charge in [-0.05, 0) is 79.5 Å². The van der Waals surface area contributed by atoms with Crippen molar-refractivity contribution in [3.05, 3.63) is 89.6 Å². The van der Waals surface area contributed by atoms with Crippen LogP contribution in [0.25, 0.3) is 10.9 Å². The van der Waals surface area contributed by atoms with Crippen LogP contribution in [0.2, 0.25) is 0 Å². The van der Waals surface area contributed by atoms with E-state index in [0.717, 1.165) is 54.6 Å². The number of H-pyrrole nitrogens is 1. The fourth-order valence-corrected chi connectivity index (χ4v) is 4.67. The maximum absolute atomic E-state index is 12.8. The number of aromatic amines is 1. The minimum Gasteiger partial charge on any atom is -0.465 e. The normalized spacial score (nSPS) is 16.0. The van der Waals surface area contributed by atoms with Gasteiger partial charge in [0.15, 0.2) is 0 Å². The number of rotatable bonds is 7. The maximum Gasteiger partial charge on any atom is 0.337 e. The van der Waals surface area contributed by atoms with Crippen LogP contribution in [-0.2, 0) is 11.3 Å². The third-order valence-electron chi connectivity index (χ3n) is 6.48. The van der Waals surface area contributed by atoms with E-state index in [1.165, 1.54) is 7.11 Å². The number of ether oxygens (including phenoxy) is 1. The van der Waals surface area contributed by atoms with Gasteiger partial charge >= 0.3 is 5.97 Å². The second-order valence-electron chi connectivity index (χ2n) is 9.11. The summed E-state index contributed by atoms with van der Waals surface area (Å²) >= 11 is 0. The number of aromatic nitrogens is 2. The Morgan fingerprint density at radius 3 is 2.72 bits per heavy atom. The van der Waals surface area contributed by atoms with Gasteiger partial charge in [0.1, 0.15) is 0 Å². The van der Waals surface area contributed by atoms with Crippen molar-refractivity contribution < 1.29 is 14.3 Å². The van der Waals surface area contributed by atoms with Gasteiger partial charge in [0.25, 0.3) is 5.91 Å². The number of nitrogens with one attached hydrogen (secondary N) is 3. The number of likely N-dealkylation sites (tertiary alicyclic amines) is 1. The Kier molecular flexibility index (Phi) is 6.95. The van der Waals surface area contributed by atoms with Crippen molar-refractivity contribution in [2.45, 2.75) is 25.4 Å². The molecular formula is C28H29N5O3. The van der Waals surface area contributed by atoms with Gasteiger partial charge < -0.3 is 15.4 Å². The summed E-state index contributed by atoms with van der Waals surface area (Å²) in [6.07, 6.45) is 4.08. The highest BCUT2D eigenvalue weighted by Gasteiger charge is 2.20. The average Bonchev–Trinajstić information content (AvgIpc) is 3.37. The number of esters is 1. The molecule has 0 saturated carbocycles. The average molecular weight is 484 g/mol. The molecule has 1 atom stereocenters. The molecule has 1 aromatic heterocycles. The summed E-state index contributed by atoms with van der Waals surface area (Å²) in [4.78, 5) is 26.9. The molecule has 1 aliphatic rings. The second kappa shape index (κ2) is 10.6. The van der Waals surface area contributed by atoms with Crippen molar-refractivity contribution in [2.24, 2.45) is 0 Å². The molecule has 3 N–H and O–H groups in total. The molecule has 3 aromatic carbocycles.